The molecule has 4 heteroatoms. The number of halogens is 2. The van der Waals surface area contributed by atoms with Gasteiger partial charge in [-0.05, 0) is 49.1 Å². The SMILES string of the molecule is Fc1c(Cl)cccc1CC1(CNC2CC2)CCOCC1. The first kappa shape index (κ1) is 14.3. The zero-order chi connectivity index (χ0) is 14.0. The summed E-state index contributed by atoms with van der Waals surface area (Å²) in [6, 6.07) is 5.98. The molecular weight excluding hydrogens is 277 g/mol. The maximum Gasteiger partial charge on any atom is 0.144 e. The lowest BCUT2D eigenvalue weighted by Crippen LogP contribution is -2.41. The van der Waals surface area contributed by atoms with Crippen LogP contribution in [0.2, 0.25) is 5.02 Å². The van der Waals surface area contributed by atoms with E-state index in [2.05, 4.69) is 5.32 Å². The molecule has 0 spiro atoms. The maximum atomic E-state index is 14.2. The zero-order valence-electron chi connectivity index (χ0n) is 11.6. The summed E-state index contributed by atoms with van der Waals surface area (Å²) in [6.07, 6.45) is 5.26. The topological polar surface area (TPSA) is 21.3 Å². The van der Waals surface area contributed by atoms with Crippen LogP contribution >= 0.6 is 11.6 Å². The molecule has 0 aromatic heterocycles. The van der Waals surface area contributed by atoms with Crippen molar-refractivity contribution in [3.05, 3.63) is 34.6 Å². The molecule has 1 aromatic rings. The fourth-order valence-electron chi connectivity index (χ4n) is 2.96. The zero-order valence-corrected chi connectivity index (χ0v) is 12.4. The molecule has 1 N–H and O–H groups in total. The van der Waals surface area contributed by atoms with Crippen molar-refractivity contribution in [1.29, 1.82) is 0 Å². The molecule has 0 bridgehead atoms. The number of benzene rings is 1. The number of hydrogen-bond donors (Lipinski definition) is 1. The van der Waals surface area contributed by atoms with Gasteiger partial charge in [-0.2, -0.15) is 0 Å². The highest BCUT2D eigenvalue weighted by Crippen LogP contribution is 2.36. The maximum absolute atomic E-state index is 14.2. The summed E-state index contributed by atoms with van der Waals surface area (Å²) < 4.78 is 19.6. The molecular formula is C16H21ClFNO. The van der Waals surface area contributed by atoms with Crippen molar-refractivity contribution in [2.75, 3.05) is 19.8 Å². The molecule has 2 aliphatic rings. The smallest absolute Gasteiger partial charge is 0.144 e. The van der Waals surface area contributed by atoms with Crippen LogP contribution in [0.1, 0.15) is 31.2 Å². The molecule has 0 amide bonds. The van der Waals surface area contributed by atoms with E-state index in [1.54, 1.807) is 6.07 Å². The van der Waals surface area contributed by atoms with E-state index < -0.39 is 0 Å². The van der Waals surface area contributed by atoms with E-state index in [0.717, 1.165) is 44.6 Å². The third-order valence-corrected chi connectivity index (χ3v) is 4.79. The van der Waals surface area contributed by atoms with Gasteiger partial charge in [-0.25, -0.2) is 4.39 Å². The minimum atomic E-state index is -0.258. The van der Waals surface area contributed by atoms with Crippen LogP contribution < -0.4 is 5.32 Å². The molecule has 1 saturated heterocycles. The Balaban J connectivity index is 1.75. The van der Waals surface area contributed by atoms with Crippen LogP contribution in [-0.2, 0) is 11.2 Å². The lowest BCUT2D eigenvalue weighted by atomic mass is 9.75. The number of rotatable bonds is 5. The summed E-state index contributed by atoms with van der Waals surface area (Å²) in [7, 11) is 0. The normalized spacial score (nSPS) is 21.9. The largest absolute Gasteiger partial charge is 0.381 e. The van der Waals surface area contributed by atoms with Gasteiger partial charge in [-0.3, -0.25) is 0 Å². The Labute approximate surface area is 124 Å². The Morgan fingerprint density at radius 1 is 1.30 bits per heavy atom. The number of hydrogen-bond acceptors (Lipinski definition) is 2. The van der Waals surface area contributed by atoms with Crippen LogP contribution in [0.3, 0.4) is 0 Å². The van der Waals surface area contributed by atoms with Crippen LogP contribution in [0.4, 0.5) is 4.39 Å². The van der Waals surface area contributed by atoms with Crippen molar-refractivity contribution in [1.82, 2.24) is 5.32 Å². The standard InChI is InChI=1S/C16H21ClFNO/c17-14-3-1-2-12(15(14)18)10-16(6-8-20-9-7-16)11-19-13-4-5-13/h1-3,13,19H,4-11H2. The van der Waals surface area contributed by atoms with Gasteiger partial charge in [0.15, 0.2) is 0 Å². The van der Waals surface area contributed by atoms with E-state index in [-0.39, 0.29) is 16.3 Å². The van der Waals surface area contributed by atoms with Gasteiger partial charge in [-0.15, -0.1) is 0 Å². The van der Waals surface area contributed by atoms with Crippen molar-refractivity contribution in [2.24, 2.45) is 5.41 Å². The van der Waals surface area contributed by atoms with Gasteiger partial charge in [0.05, 0.1) is 5.02 Å². The molecule has 1 aliphatic carbocycles. The Morgan fingerprint density at radius 2 is 2.05 bits per heavy atom. The number of nitrogens with one attached hydrogen (secondary N) is 1. The van der Waals surface area contributed by atoms with E-state index in [0.29, 0.717) is 6.04 Å². The molecule has 1 saturated carbocycles. The van der Waals surface area contributed by atoms with Crippen LogP contribution in [0, 0.1) is 11.2 Å². The fourth-order valence-corrected chi connectivity index (χ4v) is 3.15. The van der Waals surface area contributed by atoms with Crippen LogP contribution in [-0.4, -0.2) is 25.8 Å². The van der Waals surface area contributed by atoms with Gasteiger partial charge < -0.3 is 10.1 Å². The van der Waals surface area contributed by atoms with E-state index in [4.69, 9.17) is 16.3 Å². The second kappa shape index (κ2) is 6.00. The molecule has 0 atom stereocenters. The summed E-state index contributed by atoms with van der Waals surface area (Å²) >= 11 is 5.90. The fraction of sp³-hybridized carbons (Fsp3) is 0.625. The van der Waals surface area contributed by atoms with Crippen molar-refractivity contribution >= 4 is 11.6 Å². The highest BCUT2D eigenvalue weighted by Gasteiger charge is 2.35. The quantitative estimate of drug-likeness (QED) is 0.897. The summed E-state index contributed by atoms with van der Waals surface area (Å²) in [5.74, 6) is -0.258. The van der Waals surface area contributed by atoms with Crippen molar-refractivity contribution in [2.45, 2.75) is 38.1 Å². The van der Waals surface area contributed by atoms with Crippen LogP contribution in [0.15, 0.2) is 18.2 Å². The second-order valence-electron chi connectivity index (χ2n) is 6.16. The Hall–Kier alpha value is -0.640. The van der Waals surface area contributed by atoms with Gasteiger partial charge in [0.2, 0.25) is 0 Å². The molecule has 3 rings (SSSR count). The van der Waals surface area contributed by atoms with Crippen LogP contribution in [0.5, 0.6) is 0 Å². The molecule has 2 fully saturated rings. The highest BCUT2D eigenvalue weighted by atomic mass is 35.5. The van der Waals surface area contributed by atoms with Gasteiger partial charge in [0.25, 0.3) is 0 Å². The summed E-state index contributed by atoms with van der Waals surface area (Å²) in [5, 5.41) is 3.83. The molecule has 110 valence electrons. The third kappa shape index (κ3) is 3.33. The van der Waals surface area contributed by atoms with Crippen molar-refractivity contribution in [3.8, 4) is 0 Å². The average Bonchev–Trinajstić information content (AvgIpc) is 3.27. The lowest BCUT2D eigenvalue weighted by molar-refractivity contribution is 0.0144. The molecule has 0 radical (unpaired) electrons. The predicted molar refractivity (Wildman–Crippen MR) is 78.6 cm³/mol. The summed E-state index contributed by atoms with van der Waals surface area (Å²) in [6.45, 7) is 2.50. The van der Waals surface area contributed by atoms with E-state index in [9.17, 15) is 4.39 Å². The number of ether oxygens (including phenoxy) is 1. The summed E-state index contributed by atoms with van der Waals surface area (Å²) in [5.41, 5.74) is 0.837. The first-order chi connectivity index (χ1) is 9.69. The Kier molecular flexibility index (Phi) is 4.29. The van der Waals surface area contributed by atoms with E-state index in [1.807, 2.05) is 12.1 Å². The highest BCUT2D eigenvalue weighted by molar-refractivity contribution is 6.30. The minimum Gasteiger partial charge on any atom is -0.381 e. The second-order valence-corrected chi connectivity index (χ2v) is 6.56. The molecule has 20 heavy (non-hydrogen) atoms. The molecule has 1 aromatic carbocycles. The van der Waals surface area contributed by atoms with Gasteiger partial charge >= 0.3 is 0 Å². The Morgan fingerprint density at radius 3 is 2.75 bits per heavy atom. The van der Waals surface area contributed by atoms with E-state index in [1.165, 1.54) is 12.8 Å². The monoisotopic (exact) mass is 297 g/mol. The van der Waals surface area contributed by atoms with Crippen molar-refractivity contribution < 1.29 is 9.13 Å². The first-order valence-electron chi connectivity index (χ1n) is 7.43. The average molecular weight is 298 g/mol. The van der Waals surface area contributed by atoms with E-state index >= 15 is 0 Å². The molecule has 1 aliphatic heterocycles. The van der Waals surface area contributed by atoms with Crippen LogP contribution in [0.25, 0.3) is 0 Å². The Bertz CT molecular complexity index is 470. The van der Waals surface area contributed by atoms with Gasteiger partial charge in [0.1, 0.15) is 5.82 Å². The van der Waals surface area contributed by atoms with Gasteiger partial charge in [-0.1, -0.05) is 23.7 Å². The lowest BCUT2D eigenvalue weighted by Gasteiger charge is -2.38. The molecule has 1 heterocycles. The molecule has 2 nitrogen and oxygen atoms in total. The predicted octanol–water partition coefficient (Wildman–Crippen LogP) is 3.57. The minimum absolute atomic E-state index is 0.104. The third-order valence-electron chi connectivity index (χ3n) is 4.49. The first-order valence-corrected chi connectivity index (χ1v) is 7.80. The molecule has 0 unspecified atom stereocenters. The summed E-state index contributed by atoms with van der Waals surface area (Å²) in [4.78, 5) is 0. The van der Waals surface area contributed by atoms with Gasteiger partial charge in [0, 0.05) is 25.8 Å². The van der Waals surface area contributed by atoms with Crippen molar-refractivity contribution in [3.63, 3.8) is 0 Å².